The summed E-state index contributed by atoms with van der Waals surface area (Å²) in [7, 11) is 3.12. The Balaban J connectivity index is 1.69. The number of ether oxygens (including phenoxy) is 4. The third-order valence-corrected chi connectivity index (χ3v) is 6.51. The second-order valence-corrected chi connectivity index (χ2v) is 9.30. The van der Waals surface area contributed by atoms with Crippen LogP contribution in [0.25, 0.3) is 22.5 Å². The molecular weight excluding hydrogens is 554 g/mol. The van der Waals surface area contributed by atoms with E-state index in [-0.39, 0.29) is 16.6 Å². The quantitative estimate of drug-likeness (QED) is 0.201. The summed E-state index contributed by atoms with van der Waals surface area (Å²) in [6, 6.07) is 13.9. The molecule has 1 amide bonds. The van der Waals surface area contributed by atoms with E-state index in [2.05, 4.69) is 15.5 Å². The highest BCUT2D eigenvalue weighted by atomic mass is 32.2. The zero-order valence-electron chi connectivity index (χ0n) is 22.9. The summed E-state index contributed by atoms with van der Waals surface area (Å²) in [5, 5.41) is 11.5. The third-order valence-electron chi connectivity index (χ3n) is 5.68. The molecule has 0 radical (unpaired) electrons. The molecule has 4 rings (SSSR count). The molecule has 0 aliphatic rings. The van der Waals surface area contributed by atoms with Crippen molar-refractivity contribution >= 4 is 23.4 Å². The Bertz CT molecular complexity index is 1540. The Morgan fingerprint density at radius 3 is 1.95 bits per heavy atom. The number of methoxy groups -OCH3 is 2. The smallest absolute Gasteiger partial charge is 0.234 e. The number of carbonyl (C=O) groups is 1. The number of halogens is 2. The number of aromatic nitrogens is 3. The Morgan fingerprint density at radius 1 is 0.780 bits per heavy atom. The van der Waals surface area contributed by atoms with Crippen molar-refractivity contribution < 1.29 is 32.5 Å². The van der Waals surface area contributed by atoms with Crippen molar-refractivity contribution in [3.05, 3.63) is 66.2 Å². The van der Waals surface area contributed by atoms with Gasteiger partial charge in [-0.1, -0.05) is 11.8 Å². The molecule has 0 saturated carbocycles. The van der Waals surface area contributed by atoms with Crippen LogP contribution in [-0.4, -0.2) is 54.3 Å². The topological polar surface area (TPSA) is 105 Å². The minimum Gasteiger partial charge on any atom is -0.493 e. The van der Waals surface area contributed by atoms with Crippen molar-refractivity contribution in [3.8, 4) is 45.5 Å². The summed E-state index contributed by atoms with van der Waals surface area (Å²) in [4.78, 5) is 17.2. The number of rotatable bonds is 12. The molecule has 0 atom stereocenters. The fourth-order valence-electron chi connectivity index (χ4n) is 3.85. The maximum atomic E-state index is 13.5. The molecule has 0 saturated heterocycles. The zero-order chi connectivity index (χ0) is 29.4. The first kappa shape index (κ1) is 29.5. The van der Waals surface area contributed by atoms with Crippen molar-refractivity contribution in [2.45, 2.75) is 19.0 Å². The lowest BCUT2D eigenvalue weighted by Crippen LogP contribution is -2.14. The summed E-state index contributed by atoms with van der Waals surface area (Å²) in [6.07, 6.45) is 0. The molecule has 0 bridgehead atoms. The average Bonchev–Trinajstić information content (AvgIpc) is 2.98. The van der Waals surface area contributed by atoms with Crippen molar-refractivity contribution in [2.75, 3.05) is 38.5 Å². The van der Waals surface area contributed by atoms with Gasteiger partial charge in [-0.25, -0.2) is 13.8 Å². The number of anilines is 1. The SMILES string of the molecule is CCOc1cc(-c2nnc(SCC(=O)Nc3ccc(F)c(F)c3)nc2-c2ccc(OC)c(OCC)c2)ccc1OC. The molecule has 9 nitrogen and oxygen atoms in total. The van der Waals surface area contributed by atoms with Crippen LogP contribution >= 0.6 is 11.8 Å². The Kier molecular flexibility index (Phi) is 9.91. The number of nitrogens with one attached hydrogen (secondary N) is 1. The first-order chi connectivity index (χ1) is 19.9. The number of thioether (sulfide) groups is 1. The van der Waals surface area contributed by atoms with E-state index in [4.69, 9.17) is 23.9 Å². The Morgan fingerprint density at radius 2 is 1.39 bits per heavy atom. The first-order valence-electron chi connectivity index (χ1n) is 12.6. The standard InChI is InChI=1S/C29H28F2N4O5S/c1-5-39-24-13-17(7-11-22(24)37-3)27-28(18-8-12-23(38-4)25(14-18)40-6-2)34-35-29(33-27)41-16-26(36)32-19-9-10-20(30)21(31)15-19/h7-15H,5-6,16H2,1-4H3,(H,32,36). The molecule has 0 fully saturated rings. The highest BCUT2D eigenvalue weighted by Gasteiger charge is 2.19. The van der Waals surface area contributed by atoms with E-state index in [1.54, 1.807) is 38.5 Å². The lowest BCUT2D eigenvalue weighted by atomic mass is 10.0. The van der Waals surface area contributed by atoms with Crippen molar-refractivity contribution in [3.63, 3.8) is 0 Å². The van der Waals surface area contributed by atoms with Gasteiger partial charge in [0.05, 0.1) is 33.2 Å². The fraction of sp³-hybridized carbons (Fsp3) is 0.241. The monoisotopic (exact) mass is 582 g/mol. The molecule has 4 aromatic rings. The largest absolute Gasteiger partial charge is 0.493 e. The van der Waals surface area contributed by atoms with Crippen LogP contribution in [-0.2, 0) is 4.79 Å². The molecule has 1 N–H and O–H groups in total. The fourth-order valence-corrected chi connectivity index (χ4v) is 4.44. The molecule has 0 unspecified atom stereocenters. The van der Waals surface area contributed by atoms with E-state index in [9.17, 15) is 13.6 Å². The van der Waals surface area contributed by atoms with Crippen LogP contribution in [0.1, 0.15) is 13.8 Å². The van der Waals surface area contributed by atoms with Crippen molar-refractivity contribution in [1.29, 1.82) is 0 Å². The number of carbonyl (C=O) groups excluding carboxylic acids is 1. The number of hydrogen-bond acceptors (Lipinski definition) is 9. The maximum absolute atomic E-state index is 13.5. The molecule has 1 heterocycles. The lowest BCUT2D eigenvalue weighted by Gasteiger charge is -2.15. The maximum Gasteiger partial charge on any atom is 0.234 e. The summed E-state index contributed by atoms with van der Waals surface area (Å²) in [5.41, 5.74) is 2.46. The molecule has 0 aliphatic carbocycles. The normalized spacial score (nSPS) is 10.7. The molecule has 12 heteroatoms. The van der Waals surface area contributed by atoms with E-state index in [1.165, 1.54) is 6.07 Å². The molecular formula is C29H28F2N4O5S. The zero-order valence-corrected chi connectivity index (χ0v) is 23.7. The van der Waals surface area contributed by atoms with Gasteiger partial charge in [-0.15, -0.1) is 10.2 Å². The van der Waals surface area contributed by atoms with Crippen LogP contribution in [0.15, 0.2) is 59.8 Å². The van der Waals surface area contributed by atoms with E-state index in [0.717, 1.165) is 23.9 Å². The number of amides is 1. The summed E-state index contributed by atoms with van der Waals surface area (Å²) >= 11 is 1.04. The van der Waals surface area contributed by atoms with Crippen LogP contribution in [0.5, 0.6) is 23.0 Å². The van der Waals surface area contributed by atoms with Crippen molar-refractivity contribution in [2.24, 2.45) is 0 Å². The second-order valence-electron chi connectivity index (χ2n) is 8.35. The van der Waals surface area contributed by atoms with Crippen LogP contribution in [0.3, 0.4) is 0 Å². The average molecular weight is 583 g/mol. The van der Waals surface area contributed by atoms with E-state index >= 15 is 0 Å². The molecule has 0 aliphatic heterocycles. The predicted molar refractivity (Wildman–Crippen MR) is 152 cm³/mol. The minimum absolute atomic E-state index is 0.0940. The molecule has 3 aromatic carbocycles. The van der Waals surface area contributed by atoms with Gasteiger partial charge in [-0.05, 0) is 62.4 Å². The molecule has 0 spiro atoms. The number of benzene rings is 3. The van der Waals surface area contributed by atoms with Gasteiger partial charge < -0.3 is 24.3 Å². The second kappa shape index (κ2) is 13.8. The van der Waals surface area contributed by atoms with Crippen molar-refractivity contribution in [1.82, 2.24) is 15.2 Å². The van der Waals surface area contributed by atoms with Gasteiger partial charge in [0.25, 0.3) is 0 Å². The van der Waals surface area contributed by atoms with Gasteiger partial charge in [0, 0.05) is 22.9 Å². The molecule has 1 aromatic heterocycles. The van der Waals surface area contributed by atoms with Gasteiger partial charge >= 0.3 is 0 Å². The Labute approximate surface area is 240 Å². The van der Waals surface area contributed by atoms with Gasteiger partial charge in [0.1, 0.15) is 11.4 Å². The minimum atomic E-state index is -1.06. The van der Waals surface area contributed by atoms with E-state index in [0.29, 0.717) is 58.7 Å². The van der Waals surface area contributed by atoms with Gasteiger partial charge in [0.2, 0.25) is 11.1 Å². The van der Waals surface area contributed by atoms with Crippen LogP contribution in [0.2, 0.25) is 0 Å². The summed E-state index contributed by atoms with van der Waals surface area (Å²) < 4.78 is 49.1. The highest BCUT2D eigenvalue weighted by molar-refractivity contribution is 7.99. The van der Waals surface area contributed by atoms with Gasteiger partial charge in [-0.2, -0.15) is 0 Å². The first-order valence-corrected chi connectivity index (χ1v) is 13.6. The highest BCUT2D eigenvalue weighted by Crippen LogP contribution is 2.38. The van der Waals surface area contributed by atoms with Gasteiger partial charge in [-0.3, -0.25) is 4.79 Å². The predicted octanol–water partition coefficient (Wildman–Crippen LogP) is 6.03. The van der Waals surface area contributed by atoms with Gasteiger partial charge in [0.15, 0.2) is 34.6 Å². The number of hydrogen-bond donors (Lipinski definition) is 1. The van der Waals surface area contributed by atoms with E-state index < -0.39 is 17.5 Å². The Hall–Kier alpha value is -4.45. The number of nitrogens with zero attached hydrogens (tertiary/aromatic N) is 3. The summed E-state index contributed by atoms with van der Waals surface area (Å²) in [5.74, 6) is -0.399. The molecule has 41 heavy (non-hydrogen) atoms. The van der Waals surface area contributed by atoms with Crippen LogP contribution in [0, 0.1) is 11.6 Å². The van der Waals surface area contributed by atoms with Crippen LogP contribution in [0.4, 0.5) is 14.5 Å². The van der Waals surface area contributed by atoms with E-state index in [1.807, 2.05) is 26.0 Å². The molecule has 214 valence electrons. The van der Waals surface area contributed by atoms with Crippen LogP contribution < -0.4 is 24.3 Å². The third kappa shape index (κ3) is 7.20. The summed E-state index contributed by atoms with van der Waals surface area (Å²) in [6.45, 7) is 4.62. The lowest BCUT2D eigenvalue weighted by molar-refractivity contribution is -0.113.